The molecule has 0 saturated heterocycles. The van der Waals surface area contributed by atoms with Crippen molar-refractivity contribution in [1.29, 1.82) is 0 Å². The maximum atomic E-state index is 14.1. The normalized spacial score (nSPS) is 14.9. The minimum absolute atomic E-state index is 0.0763. The molecule has 2 aromatic rings. The molecule has 162 valence electrons. The number of benzene rings is 1. The Balaban J connectivity index is 2.16. The van der Waals surface area contributed by atoms with Crippen molar-refractivity contribution >= 4 is 41.9 Å². The fourth-order valence-electron chi connectivity index (χ4n) is 3.78. The van der Waals surface area contributed by atoms with Gasteiger partial charge in [-0.15, -0.1) is 0 Å². The third kappa shape index (κ3) is 4.31. The molecule has 0 spiro atoms. The Bertz CT molecular complexity index is 1130. The molecule has 0 aliphatic carbocycles. The summed E-state index contributed by atoms with van der Waals surface area (Å²) in [6.07, 6.45) is 2.20. The van der Waals surface area contributed by atoms with E-state index >= 15 is 0 Å². The average molecular weight is 428 g/mol. The van der Waals surface area contributed by atoms with Crippen LogP contribution in [-0.4, -0.2) is 43.2 Å². The fourth-order valence-corrected chi connectivity index (χ4v) is 3.78. The first kappa shape index (κ1) is 22.5. The second kappa shape index (κ2) is 9.28. The van der Waals surface area contributed by atoms with Crippen LogP contribution in [0.5, 0.6) is 0 Å². The largest absolute Gasteiger partial charge is 0.678 e. The van der Waals surface area contributed by atoms with Gasteiger partial charge in [0.15, 0.2) is 0 Å². The van der Waals surface area contributed by atoms with Crippen LogP contribution in [-0.2, 0) is 14.3 Å². The molecule has 1 aliphatic heterocycles. The molecule has 3 rings (SSSR count). The van der Waals surface area contributed by atoms with Crippen LogP contribution < -0.4 is 0 Å². The highest BCUT2D eigenvalue weighted by atomic mass is 19.2. The van der Waals surface area contributed by atoms with E-state index in [0.29, 0.717) is 27.4 Å². The second-order valence-electron chi connectivity index (χ2n) is 7.05. The molecule has 1 aromatic heterocycles. The monoisotopic (exact) mass is 428 g/mol. The molecule has 0 fully saturated rings. The van der Waals surface area contributed by atoms with E-state index in [2.05, 4.69) is 4.99 Å². The number of carbonyl (C=O) groups excluding carboxylic acids is 2. The summed E-state index contributed by atoms with van der Waals surface area (Å²) in [6, 6.07) is 6.72. The highest BCUT2D eigenvalue weighted by Gasteiger charge is 2.31. The van der Waals surface area contributed by atoms with Gasteiger partial charge in [-0.25, -0.2) is 4.79 Å². The van der Waals surface area contributed by atoms with E-state index in [1.165, 1.54) is 7.11 Å². The van der Waals surface area contributed by atoms with Gasteiger partial charge >= 0.3 is 19.3 Å². The van der Waals surface area contributed by atoms with Gasteiger partial charge in [0.1, 0.15) is 5.69 Å². The van der Waals surface area contributed by atoms with Gasteiger partial charge in [-0.05, 0) is 44.4 Å². The summed E-state index contributed by atoms with van der Waals surface area (Å²) in [5.41, 5.74) is 2.89. The smallest absolute Gasteiger partial charge is 0.469 e. The van der Waals surface area contributed by atoms with Crippen LogP contribution in [0.25, 0.3) is 16.8 Å². The maximum absolute atomic E-state index is 14.1. The molecule has 0 saturated carbocycles. The number of esters is 2. The molecule has 6 nitrogen and oxygen atoms in total. The maximum Gasteiger partial charge on any atom is 0.678 e. The third-order valence-electron chi connectivity index (χ3n) is 5.26. The summed E-state index contributed by atoms with van der Waals surface area (Å²) in [4.78, 5) is 28.5. The van der Waals surface area contributed by atoms with Gasteiger partial charge in [0, 0.05) is 28.6 Å². The summed E-state index contributed by atoms with van der Waals surface area (Å²) in [6.45, 7) is 5.35. The quantitative estimate of drug-likeness (QED) is 0.475. The Morgan fingerprint density at radius 1 is 1.19 bits per heavy atom. The molecule has 9 heteroatoms. The van der Waals surface area contributed by atoms with E-state index < -0.39 is 13.4 Å². The van der Waals surface area contributed by atoms with E-state index in [1.807, 2.05) is 13.8 Å². The number of methoxy groups -OCH3 is 1. The third-order valence-corrected chi connectivity index (χ3v) is 5.26. The van der Waals surface area contributed by atoms with Gasteiger partial charge in [0.25, 0.3) is 0 Å². The van der Waals surface area contributed by atoms with Gasteiger partial charge in [-0.2, -0.15) is 0 Å². The van der Waals surface area contributed by atoms with Crippen molar-refractivity contribution in [3.8, 4) is 0 Å². The lowest BCUT2D eigenvalue weighted by Crippen LogP contribution is -2.22. The van der Waals surface area contributed by atoms with Gasteiger partial charge in [0.05, 0.1) is 19.4 Å². The van der Waals surface area contributed by atoms with Gasteiger partial charge < -0.3 is 14.0 Å². The molecule has 2 heterocycles. The van der Waals surface area contributed by atoms with E-state index in [1.54, 1.807) is 37.3 Å². The lowest BCUT2D eigenvalue weighted by Gasteiger charge is -2.09. The number of fused-ring (bicyclic) bond motifs is 1. The van der Waals surface area contributed by atoms with Gasteiger partial charge in [-0.3, -0.25) is 18.4 Å². The van der Waals surface area contributed by atoms with Crippen LogP contribution >= 0.6 is 0 Å². The van der Waals surface area contributed by atoms with Crippen LogP contribution in [0.3, 0.4) is 0 Å². The number of halogens is 2. The Labute approximate surface area is 179 Å². The van der Waals surface area contributed by atoms with Crippen molar-refractivity contribution in [2.24, 2.45) is 4.99 Å². The van der Waals surface area contributed by atoms with Gasteiger partial charge in [0.2, 0.25) is 0 Å². The Hall–Kier alpha value is -3.23. The number of ether oxygens (including phenoxy) is 2. The van der Waals surface area contributed by atoms with Crippen molar-refractivity contribution in [3.05, 3.63) is 52.5 Å². The molecular weight excluding hydrogens is 405 g/mol. The van der Waals surface area contributed by atoms with E-state index in [9.17, 15) is 18.2 Å². The first-order valence-electron chi connectivity index (χ1n) is 9.92. The number of nitrogens with zero attached hydrogens (tertiary/aromatic N) is 2. The van der Waals surface area contributed by atoms with Crippen LogP contribution in [0.1, 0.15) is 49.8 Å². The summed E-state index contributed by atoms with van der Waals surface area (Å²) < 4.78 is 38.7. The molecular formula is C22H23BF2N2O4. The molecule has 0 atom stereocenters. The SMILES string of the molecule is CCOC(=O)c1c2ccccc2c(/C=C2/N=C(C)C(CCC(=O)OC)=C2C)n1B(F)F. The summed E-state index contributed by atoms with van der Waals surface area (Å²) in [5.74, 6) is -1.14. The molecule has 0 unspecified atom stereocenters. The van der Waals surface area contributed by atoms with Crippen LogP contribution in [0.15, 0.2) is 46.1 Å². The van der Waals surface area contributed by atoms with Crippen LogP contribution in [0, 0.1) is 0 Å². The Kier molecular flexibility index (Phi) is 6.73. The molecule has 0 bridgehead atoms. The number of rotatable bonds is 7. The lowest BCUT2D eigenvalue weighted by molar-refractivity contribution is -0.140. The highest BCUT2D eigenvalue weighted by Crippen LogP contribution is 2.34. The van der Waals surface area contributed by atoms with Crippen molar-refractivity contribution < 1.29 is 27.7 Å². The topological polar surface area (TPSA) is 69.9 Å². The van der Waals surface area contributed by atoms with E-state index in [0.717, 1.165) is 16.9 Å². The lowest BCUT2D eigenvalue weighted by atomic mass is 10.0. The predicted molar refractivity (Wildman–Crippen MR) is 116 cm³/mol. The Morgan fingerprint density at radius 2 is 1.87 bits per heavy atom. The van der Waals surface area contributed by atoms with Crippen molar-refractivity contribution in [3.63, 3.8) is 0 Å². The number of carbonyl (C=O) groups is 2. The predicted octanol–water partition coefficient (Wildman–Crippen LogP) is 4.68. The van der Waals surface area contributed by atoms with E-state index in [4.69, 9.17) is 9.47 Å². The standard InChI is InChI=1S/C22H23BF2N2O4/c1-5-31-22(29)21-17-9-7-6-8-16(17)19(27(21)23(24)25)12-18-13(2)15(14(3)26-18)10-11-20(28)30-4/h6-9,12H,5,10-11H2,1-4H3/b18-12+. The minimum atomic E-state index is -2.95. The highest BCUT2D eigenvalue weighted by molar-refractivity contribution is 6.43. The zero-order chi connectivity index (χ0) is 22.7. The molecule has 31 heavy (non-hydrogen) atoms. The average Bonchev–Trinajstić information content (AvgIpc) is 3.21. The van der Waals surface area contributed by atoms with Gasteiger partial charge in [-0.1, -0.05) is 24.3 Å². The Morgan fingerprint density at radius 3 is 2.48 bits per heavy atom. The number of allylic oxidation sites excluding steroid dienone is 2. The summed E-state index contributed by atoms with van der Waals surface area (Å²) >= 11 is 0. The zero-order valence-corrected chi connectivity index (χ0v) is 17.9. The van der Waals surface area contributed by atoms with Crippen molar-refractivity contribution in [2.45, 2.75) is 33.6 Å². The number of hydrogen-bond acceptors (Lipinski definition) is 5. The summed E-state index contributed by atoms with van der Waals surface area (Å²) in [5, 5.41) is 0.890. The second-order valence-corrected chi connectivity index (χ2v) is 7.05. The molecule has 0 amide bonds. The van der Waals surface area contributed by atoms with Crippen LogP contribution in [0.2, 0.25) is 0 Å². The zero-order valence-electron chi connectivity index (χ0n) is 17.9. The molecule has 1 aliphatic rings. The number of aliphatic imine (C=N–C) groups is 1. The van der Waals surface area contributed by atoms with E-state index in [-0.39, 0.29) is 30.4 Å². The first-order chi connectivity index (χ1) is 14.8. The van der Waals surface area contributed by atoms with Crippen LogP contribution in [0.4, 0.5) is 8.63 Å². The summed E-state index contributed by atoms with van der Waals surface area (Å²) in [7, 11) is -1.62. The molecule has 1 aromatic carbocycles. The fraction of sp³-hybridized carbons (Fsp3) is 0.318. The molecule has 0 N–H and O–H groups in total. The minimum Gasteiger partial charge on any atom is -0.469 e. The first-order valence-corrected chi connectivity index (χ1v) is 9.92. The number of aromatic nitrogens is 1. The number of hydrogen-bond donors (Lipinski definition) is 0. The van der Waals surface area contributed by atoms with Crippen molar-refractivity contribution in [2.75, 3.05) is 13.7 Å². The molecule has 0 radical (unpaired) electrons. The van der Waals surface area contributed by atoms with Crippen molar-refractivity contribution in [1.82, 2.24) is 4.48 Å².